The molecule has 2 bridgehead atoms. The Morgan fingerprint density at radius 3 is 2.19 bits per heavy atom. The van der Waals surface area contributed by atoms with E-state index in [-0.39, 0.29) is 41.2 Å². The van der Waals surface area contributed by atoms with Gasteiger partial charge in [-0.2, -0.15) is 5.10 Å². The minimum Gasteiger partial charge on any atom is -0.458 e. The van der Waals surface area contributed by atoms with E-state index in [1.165, 1.54) is 20.8 Å². The van der Waals surface area contributed by atoms with E-state index in [4.69, 9.17) is 19.3 Å². The Hall–Kier alpha value is -3.30. The number of aliphatic hydroxyl groups excluding tert-OH is 4. The molecule has 1 spiro atoms. The van der Waals surface area contributed by atoms with Gasteiger partial charge >= 0.3 is 5.97 Å². The zero-order valence-corrected chi connectivity index (χ0v) is 40.3. The maximum Gasteiger partial charge on any atom is 0.342 e. The van der Waals surface area contributed by atoms with Gasteiger partial charge in [-0.05, 0) is 94.7 Å². The fourth-order valence-electron chi connectivity index (χ4n) is 10.5. The van der Waals surface area contributed by atoms with Crippen molar-refractivity contribution in [1.29, 1.82) is 0 Å². The van der Waals surface area contributed by atoms with Crippen molar-refractivity contribution in [2.24, 2.45) is 47.3 Å². The summed E-state index contributed by atoms with van der Waals surface area (Å²) in [4.78, 5) is 42.8. The molecule has 0 amide bonds. The number of ether oxygens (including phenoxy) is 3. The summed E-state index contributed by atoms with van der Waals surface area (Å²) in [7, 11) is 0. The highest BCUT2D eigenvalue weighted by molar-refractivity contribution is 5.99. The molecule has 3 aliphatic rings. The molecule has 13 heteroatoms. The number of pyridine rings is 1. The summed E-state index contributed by atoms with van der Waals surface area (Å²) in [5, 5.41) is 61.3. The van der Waals surface area contributed by atoms with E-state index in [2.05, 4.69) is 26.8 Å². The second-order valence-corrected chi connectivity index (χ2v) is 20.3. The van der Waals surface area contributed by atoms with Crippen LogP contribution < -0.4 is 0 Å². The first-order valence-corrected chi connectivity index (χ1v) is 23.9. The van der Waals surface area contributed by atoms with Gasteiger partial charge in [-0.25, -0.2) is 9.31 Å². The summed E-state index contributed by atoms with van der Waals surface area (Å²) in [6.07, 6.45) is 7.91. The van der Waals surface area contributed by atoms with Crippen molar-refractivity contribution in [2.75, 3.05) is 0 Å². The number of rotatable bonds is 3. The van der Waals surface area contributed by atoms with Crippen molar-refractivity contribution in [3.63, 3.8) is 0 Å². The molecule has 3 aliphatic heterocycles. The van der Waals surface area contributed by atoms with E-state index in [1.54, 1.807) is 38.4 Å². The monoisotopic (exact) mass is 895 g/mol. The van der Waals surface area contributed by atoms with Crippen LogP contribution in [0.4, 0.5) is 0 Å². The predicted octanol–water partition coefficient (Wildman–Crippen LogP) is 7.06. The number of fused-ring (bicyclic) bond motifs is 5. The van der Waals surface area contributed by atoms with Gasteiger partial charge < -0.3 is 39.7 Å². The number of hydrogen-bond acceptors (Lipinski definition) is 12. The van der Waals surface area contributed by atoms with Crippen LogP contribution in [0.3, 0.4) is 0 Å². The maximum atomic E-state index is 15.0. The number of aryl methyl sites for hydroxylation is 1. The van der Waals surface area contributed by atoms with Crippen molar-refractivity contribution in [1.82, 2.24) is 9.61 Å². The molecule has 0 radical (unpaired) electrons. The lowest BCUT2D eigenvalue weighted by molar-refractivity contribution is -0.370. The van der Waals surface area contributed by atoms with Crippen molar-refractivity contribution in [2.45, 2.75) is 188 Å². The summed E-state index contributed by atoms with van der Waals surface area (Å²) in [6.45, 7) is 21.1. The number of esters is 1. The van der Waals surface area contributed by atoms with Crippen molar-refractivity contribution in [3.05, 3.63) is 59.5 Å². The normalized spacial score (nSPS) is 41.9. The Labute approximate surface area is 380 Å². The molecule has 5 rings (SSSR count). The number of nitrogens with zero attached hydrogens (tertiary/aromatic N) is 2. The van der Waals surface area contributed by atoms with Crippen LogP contribution in [-0.2, 0) is 23.8 Å². The molecule has 2 fully saturated rings. The molecular weight excluding hydrogens is 817 g/mol. The van der Waals surface area contributed by atoms with Gasteiger partial charge in [0.15, 0.2) is 11.6 Å². The Morgan fingerprint density at radius 1 is 0.891 bits per heavy atom. The molecule has 13 nitrogen and oxygen atoms in total. The molecule has 2 saturated heterocycles. The Morgan fingerprint density at radius 2 is 1.55 bits per heavy atom. The summed E-state index contributed by atoms with van der Waals surface area (Å²) < 4.78 is 22.3. The number of Topliss-reactive ketones (excluding diaryl/α,β-unsaturated/α-hetero) is 2. The first kappa shape index (κ1) is 51.7. The van der Waals surface area contributed by atoms with Crippen LogP contribution in [0.1, 0.15) is 149 Å². The van der Waals surface area contributed by atoms with Crippen LogP contribution in [0.15, 0.2) is 42.6 Å². The third-order valence-corrected chi connectivity index (χ3v) is 15.3. The Kier molecular flexibility index (Phi) is 17.1. The molecule has 5 N–H and O–H groups in total. The number of allylic oxidation sites excluding steroid dienone is 4. The second-order valence-electron chi connectivity index (χ2n) is 20.3. The van der Waals surface area contributed by atoms with Crippen molar-refractivity contribution < 1.29 is 54.1 Å². The largest absolute Gasteiger partial charge is 0.458 e. The minimum absolute atomic E-state index is 0.171. The SMILES string of the molecule is CC[C@H]1/C=C/C=C/C[C@@H](C)[C@H](O)[C@@](C)(O)C(=O)[C@@H](C)[C@H](O)[C@@H](C)C(=O)[C@@H](C)[C@H](O)[C@@H](C)c2nn3ccc(C)cc3c2C(=O)O[C@@H]2[C@H](C)[C@H](CC1)O[C@]1(CC[C@H](C)[C@H](C[C@@H](C)O)O1)[C@@H]2C. The summed E-state index contributed by atoms with van der Waals surface area (Å²) in [5.41, 5.74) is -0.451. The number of hydrogen-bond donors (Lipinski definition) is 5. The van der Waals surface area contributed by atoms with E-state index in [9.17, 15) is 39.9 Å². The highest BCUT2D eigenvalue weighted by Gasteiger charge is 2.56. The van der Waals surface area contributed by atoms with Crippen LogP contribution in [0.2, 0.25) is 0 Å². The van der Waals surface area contributed by atoms with E-state index >= 15 is 0 Å². The smallest absolute Gasteiger partial charge is 0.342 e. The average molecular weight is 895 g/mol. The third kappa shape index (κ3) is 10.8. The molecule has 18 atom stereocenters. The number of aliphatic hydroxyl groups is 5. The molecule has 0 saturated carbocycles. The van der Waals surface area contributed by atoms with E-state index < -0.39 is 95.0 Å². The average Bonchev–Trinajstić information content (AvgIpc) is 3.64. The number of carbonyl (C=O) groups is 3. The van der Waals surface area contributed by atoms with Crippen molar-refractivity contribution >= 4 is 23.1 Å². The highest BCUT2D eigenvalue weighted by atomic mass is 16.7. The molecular formula is C51H78N2O11. The lowest BCUT2D eigenvalue weighted by atomic mass is 9.74. The van der Waals surface area contributed by atoms with Crippen LogP contribution in [0, 0.1) is 54.3 Å². The maximum absolute atomic E-state index is 15.0. The van der Waals surface area contributed by atoms with E-state index in [1.807, 2.05) is 44.2 Å². The topological polar surface area (TPSA) is 197 Å². The summed E-state index contributed by atoms with van der Waals surface area (Å²) in [6, 6.07) is 3.69. The molecule has 0 aromatic carbocycles. The van der Waals surface area contributed by atoms with Crippen LogP contribution in [0.25, 0.3) is 5.52 Å². The van der Waals surface area contributed by atoms with Gasteiger partial charge in [0.1, 0.15) is 23.1 Å². The number of carbonyl (C=O) groups excluding carboxylic acids is 3. The van der Waals surface area contributed by atoms with E-state index in [0.29, 0.717) is 31.2 Å². The van der Waals surface area contributed by atoms with Crippen LogP contribution >= 0.6 is 0 Å². The lowest BCUT2D eigenvalue weighted by Crippen LogP contribution is -2.62. The summed E-state index contributed by atoms with van der Waals surface area (Å²) >= 11 is 0. The van der Waals surface area contributed by atoms with Gasteiger partial charge in [0.05, 0.1) is 47.8 Å². The number of ketones is 2. The molecule has 2 aromatic rings. The first-order chi connectivity index (χ1) is 30.0. The zero-order chi connectivity index (χ0) is 47.6. The Balaban J connectivity index is 1.59. The van der Waals surface area contributed by atoms with Gasteiger partial charge in [-0.1, -0.05) is 86.6 Å². The van der Waals surface area contributed by atoms with Gasteiger partial charge in [-0.15, -0.1) is 0 Å². The second kappa shape index (κ2) is 21.1. The quantitative estimate of drug-likeness (QED) is 0.197. The molecule has 0 unspecified atom stereocenters. The zero-order valence-electron chi connectivity index (χ0n) is 40.3. The molecule has 5 heterocycles. The molecule has 2 aromatic heterocycles. The van der Waals surface area contributed by atoms with E-state index in [0.717, 1.165) is 24.8 Å². The van der Waals surface area contributed by atoms with Crippen molar-refractivity contribution in [3.8, 4) is 0 Å². The summed E-state index contributed by atoms with van der Waals surface area (Å²) in [5.74, 6) is -8.15. The van der Waals surface area contributed by atoms with Gasteiger partial charge in [0, 0.05) is 48.1 Å². The lowest BCUT2D eigenvalue weighted by Gasteiger charge is -2.55. The van der Waals surface area contributed by atoms with Crippen LogP contribution in [-0.4, -0.2) is 107 Å². The highest BCUT2D eigenvalue weighted by Crippen LogP contribution is 2.49. The van der Waals surface area contributed by atoms with Gasteiger partial charge in [-0.3, -0.25) is 9.59 Å². The van der Waals surface area contributed by atoms with Crippen LogP contribution in [0.5, 0.6) is 0 Å². The fraction of sp³-hybridized carbons (Fsp3) is 0.725. The standard InChI is InChI=1S/C51H78N2O11/c1-13-37-18-16-14-15-17-29(4)47(58)50(12,61)48(59)35(10)45(57)34(9)44(56)33(8)43(55)32(7)42-41(38-25-27(2)22-24-53(38)52-42)49(60)62-46-31(6)39(20-19-37)63-51(36(46)11)23-21-28(3)40(64-51)26-30(5)54/h14-16,18,22,24-25,28-37,39-40,43,45-47,54-55,57-58,61H,13,17,19-21,23,26H2,1-12H3/b15-14+,18-16+/t28-,29+,30+,31+,32-,33-,34-,35-,36+,37-,39-,40-,43+,45+,46+,47-,50+,51-/m0/s1. The minimum atomic E-state index is -2.22. The number of aromatic nitrogens is 2. The predicted molar refractivity (Wildman–Crippen MR) is 244 cm³/mol. The Bertz CT molecular complexity index is 1990. The van der Waals surface area contributed by atoms with Gasteiger partial charge in [0.2, 0.25) is 0 Å². The molecule has 358 valence electrons. The third-order valence-electron chi connectivity index (χ3n) is 15.3. The fourth-order valence-corrected chi connectivity index (χ4v) is 10.5. The van der Waals surface area contributed by atoms with Gasteiger partial charge in [0.25, 0.3) is 0 Å². The molecule has 64 heavy (non-hydrogen) atoms. The first-order valence-electron chi connectivity index (χ1n) is 23.9. The molecule has 0 aliphatic carbocycles.